The Hall–Kier alpha value is -0.820. The Morgan fingerprint density at radius 2 is 1.78 bits per heavy atom. The summed E-state index contributed by atoms with van der Waals surface area (Å²) in [6.07, 6.45) is 3.88. The third kappa shape index (κ3) is 4.81. The molecule has 1 aromatic carbocycles. The monoisotopic (exact) mass is 247 g/mol. The summed E-state index contributed by atoms with van der Waals surface area (Å²) < 4.78 is 0. The number of aryl methyl sites for hydroxylation is 2. The molecule has 0 spiro atoms. The number of rotatable bonds is 7. The summed E-state index contributed by atoms with van der Waals surface area (Å²) in [4.78, 5) is 0. The van der Waals surface area contributed by atoms with Crippen LogP contribution in [0.25, 0.3) is 0 Å². The van der Waals surface area contributed by atoms with Gasteiger partial charge < -0.3 is 5.32 Å². The van der Waals surface area contributed by atoms with Crippen molar-refractivity contribution in [1.29, 1.82) is 0 Å². The molecule has 1 rings (SSSR count). The molecule has 0 aliphatic heterocycles. The number of hydrogen-bond acceptors (Lipinski definition) is 1. The van der Waals surface area contributed by atoms with Crippen LogP contribution < -0.4 is 5.32 Å². The van der Waals surface area contributed by atoms with Crippen LogP contribution in [0.5, 0.6) is 0 Å². The highest BCUT2D eigenvalue weighted by Gasteiger charge is 2.11. The van der Waals surface area contributed by atoms with Crippen LogP contribution in [-0.4, -0.2) is 6.54 Å². The average Bonchev–Trinajstić information content (AvgIpc) is 2.31. The maximum absolute atomic E-state index is 3.62. The Kier molecular flexibility index (Phi) is 6.42. The lowest BCUT2D eigenvalue weighted by Gasteiger charge is -2.20. The third-order valence-electron chi connectivity index (χ3n) is 3.66. The summed E-state index contributed by atoms with van der Waals surface area (Å²) in [5, 5.41) is 3.62. The van der Waals surface area contributed by atoms with Crippen molar-refractivity contribution >= 4 is 0 Å². The minimum absolute atomic E-state index is 0.521. The first-order valence-corrected chi connectivity index (χ1v) is 7.35. The molecule has 0 saturated carbocycles. The van der Waals surface area contributed by atoms with Gasteiger partial charge >= 0.3 is 0 Å². The standard InChI is InChI=1S/C17H29N/c1-6-18-17(9-7-8-13(2)3)16-11-10-14(4)15(5)12-16/h10-13,17-18H,6-9H2,1-5H3. The smallest absolute Gasteiger partial charge is 0.0320 e. The van der Waals surface area contributed by atoms with E-state index in [1.54, 1.807) is 0 Å². The molecule has 1 heteroatoms. The van der Waals surface area contributed by atoms with Crippen molar-refractivity contribution in [2.24, 2.45) is 5.92 Å². The molecule has 0 amide bonds. The Labute approximate surface area is 113 Å². The van der Waals surface area contributed by atoms with Crippen LogP contribution in [0.1, 0.15) is 62.8 Å². The van der Waals surface area contributed by atoms with E-state index in [0.29, 0.717) is 6.04 Å². The molecule has 0 heterocycles. The third-order valence-corrected chi connectivity index (χ3v) is 3.66. The average molecular weight is 247 g/mol. The van der Waals surface area contributed by atoms with Crippen molar-refractivity contribution in [3.8, 4) is 0 Å². The molecular formula is C17H29N. The minimum Gasteiger partial charge on any atom is -0.310 e. The fourth-order valence-electron chi connectivity index (χ4n) is 2.34. The first-order valence-electron chi connectivity index (χ1n) is 7.35. The second kappa shape index (κ2) is 7.58. The molecule has 1 unspecified atom stereocenters. The highest BCUT2D eigenvalue weighted by Crippen LogP contribution is 2.23. The fourth-order valence-corrected chi connectivity index (χ4v) is 2.34. The number of nitrogens with one attached hydrogen (secondary N) is 1. The van der Waals surface area contributed by atoms with Crippen molar-refractivity contribution < 1.29 is 0 Å². The van der Waals surface area contributed by atoms with E-state index in [1.807, 2.05) is 0 Å². The molecule has 0 fully saturated rings. The van der Waals surface area contributed by atoms with E-state index in [4.69, 9.17) is 0 Å². The van der Waals surface area contributed by atoms with Crippen molar-refractivity contribution in [3.63, 3.8) is 0 Å². The molecule has 1 nitrogen and oxygen atoms in total. The minimum atomic E-state index is 0.521. The largest absolute Gasteiger partial charge is 0.310 e. The van der Waals surface area contributed by atoms with Gasteiger partial charge in [-0.05, 0) is 49.4 Å². The van der Waals surface area contributed by atoms with Crippen molar-refractivity contribution in [2.45, 2.75) is 59.9 Å². The van der Waals surface area contributed by atoms with E-state index in [2.05, 4.69) is 58.1 Å². The molecular weight excluding hydrogens is 218 g/mol. The van der Waals surface area contributed by atoms with Gasteiger partial charge in [-0.25, -0.2) is 0 Å². The van der Waals surface area contributed by atoms with Gasteiger partial charge in [0.25, 0.3) is 0 Å². The topological polar surface area (TPSA) is 12.0 Å². The normalized spacial score (nSPS) is 13.0. The quantitative estimate of drug-likeness (QED) is 0.731. The Morgan fingerprint density at radius 3 is 2.33 bits per heavy atom. The molecule has 1 aromatic rings. The van der Waals surface area contributed by atoms with Crippen LogP contribution >= 0.6 is 0 Å². The van der Waals surface area contributed by atoms with Gasteiger partial charge in [0.15, 0.2) is 0 Å². The van der Waals surface area contributed by atoms with Crippen molar-refractivity contribution in [3.05, 3.63) is 34.9 Å². The van der Waals surface area contributed by atoms with E-state index in [-0.39, 0.29) is 0 Å². The van der Waals surface area contributed by atoms with Crippen LogP contribution in [0.4, 0.5) is 0 Å². The highest BCUT2D eigenvalue weighted by atomic mass is 14.9. The molecule has 0 aliphatic carbocycles. The molecule has 0 radical (unpaired) electrons. The lowest BCUT2D eigenvalue weighted by molar-refractivity contribution is 0.455. The first-order chi connectivity index (χ1) is 8.54. The summed E-state index contributed by atoms with van der Waals surface area (Å²) in [5.74, 6) is 0.812. The van der Waals surface area contributed by atoms with Gasteiger partial charge in [-0.15, -0.1) is 0 Å². The van der Waals surface area contributed by atoms with Crippen LogP contribution in [0, 0.1) is 19.8 Å². The zero-order valence-electron chi connectivity index (χ0n) is 12.7. The van der Waals surface area contributed by atoms with E-state index in [9.17, 15) is 0 Å². The highest BCUT2D eigenvalue weighted by molar-refractivity contribution is 5.31. The van der Waals surface area contributed by atoms with Gasteiger partial charge in [0.1, 0.15) is 0 Å². The van der Waals surface area contributed by atoms with E-state index >= 15 is 0 Å². The lowest BCUT2D eigenvalue weighted by atomic mass is 9.95. The van der Waals surface area contributed by atoms with Crippen LogP contribution in [0.3, 0.4) is 0 Å². The SMILES string of the molecule is CCNC(CCCC(C)C)c1ccc(C)c(C)c1. The second-order valence-electron chi connectivity index (χ2n) is 5.78. The predicted molar refractivity (Wildman–Crippen MR) is 81.0 cm³/mol. The first kappa shape index (κ1) is 15.2. The van der Waals surface area contributed by atoms with Gasteiger partial charge in [-0.1, -0.05) is 51.8 Å². The molecule has 0 saturated heterocycles. The van der Waals surface area contributed by atoms with Crippen molar-refractivity contribution in [1.82, 2.24) is 5.32 Å². The van der Waals surface area contributed by atoms with E-state index < -0.39 is 0 Å². The van der Waals surface area contributed by atoms with Crippen LogP contribution in [-0.2, 0) is 0 Å². The predicted octanol–water partition coefficient (Wildman–Crippen LogP) is 4.78. The summed E-state index contributed by atoms with van der Waals surface area (Å²) in [6, 6.07) is 7.40. The summed E-state index contributed by atoms with van der Waals surface area (Å²) in [7, 11) is 0. The van der Waals surface area contributed by atoms with Gasteiger partial charge in [-0.3, -0.25) is 0 Å². The maximum Gasteiger partial charge on any atom is 0.0320 e. The van der Waals surface area contributed by atoms with Crippen molar-refractivity contribution in [2.75, 3.05) is 6.54 Å². The molecule has 0 aliphatic rings. The number of hydrogen-bond donors (Lipinski definition) is 1. The Morgan fingerprint density at radius 1 is 1.06 bits per heavy atom. The zero-order valence-corrected chi connectivity index (χ0v) is 12.7. The molecule has 1 atom stereocenters. The van der Waals surface area contributed by atoms with Crippen LogP contribution in [0.2, 0.25) is 0 Å². The van der Waals surface area contributed by atoms with Gasteiger partial charge in [0, 0.05) is 6.04 Å². The zero-order chi connectivity index (χ0) is 13.5. The molecule has 18 heavy (non-hydrogen) atoms. The molecule has 102 valence electrons. The van der Waals surface area contributed by atoms with Gasteiger partial charge in [-0.2, -0.15) is 0 Å². The Bertz CT molecular complexity index is 355. The summed E-state index contributed by atoms with van der Waals surface area (Å²) in [5.41, 5.74) is 4.24. The number of benzene rings is 1. The van der Waals surface area contributed by atoms with Gasteiger partial charge in [0.05, 0.1) is 0 Å². The Balaban J connectivity index is 2.67. The molecule has 0 bridgehead atoms. The summed E-state index contributed by atoms with van der Waals surface area (Å²) >= 11 is 0. The molecule has 0 aromatic heterocycles. The maximum atomic E-state index is 3.62. The van der Waals surface area contributed by atoms with E-state index in [0.717, 1.165) is 12.5 Å². The summed E-state index contributed by atoms with van der Waals surface area (Å²) in [6.45, 7) is 12.2. The van der Waals surface area contributed by atoms with Crippen LogP contribution in [0.15, 0.2) is 18.2 Å². The lowest BCUT2D eigenvalue weighted by Crippen LogP contribution is -2.21. The fraction of sp³-hybridized carbons (Fsp3) is 0.647. The van der Waals surface area contributed by atoms with E-state index in [1.165, 1.54) is 36.0 Å². The second-order valence-corrected chi connectivity index (χ2v) is 5.78. The van der Waals surface area contributed by atoms with Gasteiger partial charge in [0.2, 0.25) is 0 Å². The molecule has 1 N–H and O–H groups in total.